The Labute approximate surface area is 189 Å². The number of methoxy groups -OCH3 is 1. The smallest absolute Gasteiger partial charge is 0.287 e. The number of carbonyl (C=O) groups excluding carboxylic acids is 1. The number of benzene rings is 2. The van der Waals surface area contributed by atoms with Gasteiger partial charge in [-0.1, -0.05) is 36.4 Å². The topological polar surface area (TPSA) is 58.0 Å². The van der Waals surface area contributed by atoms with E-state index in [1.165, 1.54) is 11.3 Å². The van der Waals surface area contributed by atoms with Crippen LogP contribution in [0.3, 0.4) is 0 Å². The lowest BCUT2D eigenvalue weighted by molar-refractivity contribution is 0.0922. The number of anilines is 1. The largest absolute Gasteiger partial charge is 0.496 e. The van der Waals surface area contributed by atoms with Crippen LogP contribution in [0, 0.1) is 6.92 Å². The lowest BCUT2D eigenvalue weighted by Crippen LogP contribution is -2.46. The van der Waals surface area contributed by atoms with Crippen molar-refractivity contribution in [3.05, 3.63) is 83.3 Å². The molecule has 1 aliphatic heterocycles. The van der Waals surface area contributed by atoms with Crippen LogP contribution in [0.1, 0.15) is 27.4 Å². The fraction of sp³-hybridized carbons (Fsp3) is 0.346. The van der Waals surface area contributed by atoms with Gasteiger partial charge in [-0.3, -0.25) is 9.69 Å². The first-order valence-electron chi connectivity index (χ1n) is 11.2. The van der Waals surface area contributed by atoms with E-state index in [0.717, 1.165) is 49.8 Å². The minimum Gasteiger partial charge on any atom is -0.496 e. The van der Waals surface area contributed by atoms with Gasteiger partial charge in [0.1, 0.15) is 11.5 Å². The van der Waals surface area contributed by atoms with Crippen molar-refractivity contribution < 1.29 is 13.9 Å². The summed E-state index contributed by atoms with van der Waals surface area (Å²) in [5.74, 6) is 1.84. The van der Waals surface area contributed by atoms with Crippen molar-refractivity contribution in [2.75, 3.05) is 44.7 Å². The maximum absolute atomic E-state index is 12.5. The molecule has 6 nitrogen and oxygen atoms in total. The maximum atomic E-state index is 12.5. The van der Waals surface area contributed by atoms with E-state index in [9.17, 15) is 4.79 Å². The van der Waals surface area contributed by atoms with Gasteiger partial charge in [-0.25, -0.2) is 0 Å². The van der Waals surface area contributed by atoms with Gasteiger partial charge in [-0.2, -0.15) is 0 Å². The first kappa shape index (κ1) is 22.0. The molecule has 1 aromatic heterocycles. The summed E-state index contributed by atoms with van der Waals surface area (Å²) in [5.41, 5.74) is 3.70. The zero-order chi connectivity index (χ0) is 22.3. The fourth-order valence-corrected chi connectivity index (χ4v) is 4.18. The monoisotopic (exact) mass is 433 g/mol. The lowest BCUT2D eigenvalue weighted by atomic mass is 10.1. The lowest BCUT2D eigenvalue weighted by Gasteiger charge is -2.36. The van der Waals surface area contributed by atoms with Crippen molar-refractivity contribution >= 4 is 11.6 Å². The number of piperazine rings is 1. The van der Waals surface area contributed by atoms with Gasteiger partial charge in [0.05, 0.1) is 13.7 Å². The molecule has 0 radical (unpaired) electrons. The van der Waals surface area contributed by atoms with E-state index in [1.807, 2.05) is 30.3 Å². The van der Waals surface area contributed by atoms with Gasteiger partial charge in [-0.05, 0) is 48.7 Å². The molecular weight excluding hydrogens is 402 g/mol. The molecule has 32 heavy (non-hydrogen) atoms. The summed E-state index contributed by atoms with van der Waals surface area (Å²) >= 11 is 0. The van der Waals surface area contributed by atoms with Crippen LogP contribution in [0.2, 0.25) is 0 Å². The zero-order valence-electron chi connectivity index (χ0n) is 18.8. The van der Waals surface area contributed by atoms with Crippen molar-refractivity contribution in [2.45, 2.75) is 19.9 Å². The summed E-state index contributed by atoms with van der Waals surface area (Å²) < 4.78 is 11.2. The molecule has 0 unspecified atom stereocenters. The SMILES string of the molecule is COc1ccccc1CCNC(=O)c1ccc(CN2CCN(c3ccccc3C)CC2)o1. The van der Waals surface area contributed by atoms with Crippen LogP contribution >= 0.6 is 0 Å². The predicted molar refractivity (Wildman–Crippen MR) is 126 cm³/mol. The summed E-state index contributed by atoms with van der Waals surface area (Å²) in [6.07, 6.45) is 0.703. The van der Waals surface area contributed by atoms with Gasteiger partial charge in [0.15, 0.2) is 5.76 Å². The van der Waals surface area contributed by atoms with Crippen LogP contribution in [0.25, 0.3) is 0 Å². The second kappa shape index (κ2) is 10.4. The second-order valence-corrected chi connectivity index (χ2v) is 8.13. The van der Waals surface area contributed by atoms with Crippen molar-refractivity contribution in [3.8, 4) is 5.75 Å². The third-order valence-corrected chi connectivity index (χ3v) is 5.97. The molecule has 0 aliphatic carbocycles. The molecule has 1 amide bonds. The van der Waals surface area contributed by atoms with E-state index in [1.54, 1.807) is 13.2 Å². The number of carbonyl (C=O) groups is 1. The molecule has 0 atom stereocenters. The number of para-hydroxylation sites is 2. The highest BCUT2D eigenvalue weighted by Gasteiger charge is 2.20. The predicted octanol–water partition coefficient (Wildman–Crippen LogP) is 3.89. The van der Waals surface area contributed by atoms with Gasteiger partial charge in [-0.15, -0.1) is 0 Å². The van der Waals surface area contributed by atoms with Gasteiger partial charge >= 0.3 is 0 Å². The van der Waals surface area contributed by atoms with Crippen LogP contribution in [0.4, 0.5) is 5.69 Å². The average molecular weight is 434 g/mol. The Hall–Kier alpha value is -3.25. The molecule has 6 heteroatoms. The molecular formula is C26H31N3O3. The van der Waals surface area contributed by atoms with Crippen LogP contribution in [0.5, 0.6) is 5.75 Å². The Kier molecular flexibility index (Phi) is 7.12. The van der Waals surface area contributed by atoms with E-state index in [0.29, 0.717) is 18.7 Å². The minimum atomic E-state index is -0.185. The van der Waals surface area contributed by atoms with E-state index in [4.69, 9.17) is 9.15 Å². The molecule has 1 saturated heterocycles. The minimum absolute atomic E-state index is 0.185. The number of nitrogens with one attached hydrogen (secondary N) is 1. The number of rotatable bonds is 8. The first-order chi connectivity index (χ1) is 15.6. The van der Waals surface area contributed by atoms with E-state index >= 15 is 0 Å². The van der Waals surface area contributed by atoms with E-state index in [-0.39, 0.29) is 5.91 Å². The third-order valence-electron chi connectivity index (χ3n) is 5.97. The van der Waals surface area contributed by atoms with Gasteiger partial charge in [0.25, 0.3) is 5.91 Å². The Morgan fingerprint density at radius 2 is 1.75 bits per heavy atom. The van der Waals surface area contributed by atoms with Crippen LogP contribution in [0.15, 0.2) is 65.1 Å². The number of hydrogen-bond donors (Lipinski definition) is 1. The zero-order valence-corrected chi connectivity index (χ0v) is 18.8. The summed E-state index contributed by atoms with van der Waals surface area (Å²) in [7, 11) is 1.66. The maximum Gasteiger partial charge on any atom is 0.287 e. The second-order valence-electron chi connectivity index (χ2n) is 8.13. The Balaban J connectivity index is 1.24. The van der Waals surface area contributed by atoms with Crippen molar-refractivity contribution in [3.63, 3.8) is 0 Å². The molecule has 0 spiro atoms. The summed E-state index contributed by atoms with van der Waals surface area (Å²) in [6.45, 7) is 7.31. The highest BCUT2D eigenvalue weighted by molar-refractivity contribution is 5.91. The fourth-order valence-electron chi connectivity index (χ4n) is 4.18. The Morgan fingerprint density at radius 3 is 2.53 bits per heavy atom. The number of ether oxygens (including phenoxy) is 1. The molecule has 168 valence electrons. The number of furan rings is 1. The number of aryl methyl sites for hydroxylation is 1. The Morgan fingerprint density at radius 1 is 1.00 bits per heavy atom. The van der Waals surface area contributed by atoms with Crippen molar-refractivity contribution in [1.29, 1.82) is 0 Å². The normalized spacial score (nSPS) is 14.4. The standard InChI is InChI=1S/C26H31N3O3/c1-20-7-3-5-9-23(20)29-17-15-28(16-18-29)19-22-11-12-25(32-22)26(30)27-14-13-21-8-4-6-10-24(21)31-2/h3-12H,13-19H2,1-2H3,(H,27,30). The van der Waals surface area contributed by atoms with E-state index < -0.39 is 0 Å². The number of nitrogens with zero attached hydrogens (tertiary/aromatic N) is 2. The van der Waals surface area contributed by atoms with Gasteiger partial charge in [0, 0.05) is 38.4 Å². The summed E-state index contributed by atoms with van der Waals surface area (Å²) in [4.78, 5) is 17.3. The molecule has 1 N–H and O–H groups in total. The van der Waals surface area contributed by atoms with Crippen LogP contribution in [-0.2, 0) is 13.0 Å². The first-order valence-corrected chi connectivity index (χ1v) is 11.2. The molecule has 0 bridgehead atoms. The number of hydrogen-bond acceptors (Lipinski definition) is 5. The Bertz CT molecular complexity index is 1040. The third kappa shape index (κ3) is 5.32. The molecule has 4 rings (SSSR count). The van der Waals surface area contributed by atoms with E-state index in [2.05, 4.69) is 46.3 Å². The highest BCUT2D eigenvalue weighted by Crippen LogP contribution is 2.22. The molecule has 2 heterocycles. The molecule has 1 fully saturated rings. The van der Waals surface area contributed by atoms with Gasteiger partial charge in [0.2, 0.25) is 0 Å². The number of amides is 1. The molecule has 0 saturated carbocycles. The molecule has 1 aliphatic rings. The van der Waals surface area contributed by atoms with Crippen molar-refractivity contribution in [1.82, 2.24) is 10.2 Å². The summed E-state index contributed by atoms with van der Waals surface area (Å²) in [5, 5.41) is 2.94. The highest BCUT2D eigenvalue weighted by atomic mass is 16.5. The molecule has 3 aromatic rings. The average Bonchev–Trinajstić information content (AvgIpc) is 3.29. The van der Waals surface area contributed by atoms with Crippen LogP contribution in [-0.4, -0.2) is 50.6 Å². The van der Waals surface area contributed by atoms with Crippen molar-refractivity contribution in [2.24, 2.45) is 0 Å². The van der Waals surface area contributed by atoms with Gasteiger partial charge < -0.3 is 19.4 Å². The van der Waals surface area contributed by atoms with Crippen LogP contribution < -0.4 is 15.0 Å². The summed E-state index contributed by atoms with van der Waals surface area (Å²) in [6, 6.07) is 20.0. The molecule has 2 aromatic carbocycles. The quantitative estimate of drug-likeness (QED) is 0.584.